The number of hydrogen-bond donors (Lipinski definition) is 1. The van der Waals surface area contributed by atoms with Gasteiger partial charge in [0.2, 0.25) is 0 Å². The molecule has 0 radical (unpaired) electrons. The number of alkyl halides is 3. The molecule has 0 saturated carbocycles. The molecule has 204 valence electrons. The van der Waals surface area contributed by atoms with E-state index in [1.54, 1.807) is 11.0 Å². The van der Waals surface area contributed by atoms with Crippen molar-refractivity contribution in [3.63, 3.8) is 0 Å². The molecule has 5 rings (SSSR count). The van der Waals surface area contributed by atoms with E-state index in [2.05, 4.69) is 28.2 Å². The largest absolute Gasteiger partial charge is 0.462 e. The molecular formula is C27H34F3N7O. The fourth-order valence-corrected chi connectivity index (χ4v) is 5.73. The van der Waals surface area contributed by atoms with E-state index in [1.807, 2.05) is 0 Å². The van der Waals surface area contributed by atoms with E-state index < -0.39 is 11.7 Å². The van der Waals surface area contributed by atoms with Crippen LogP contribution in [-0.2, 0) is 19.1 Å². The van der Waals surface area contributed by atoms with Crippen LogP contribution in [0.2, 0.25) is 0 Å². The molecule has 2 atom stereocenters. The molecular weight excluding hydrogens is 495 g/mol. The van der Waals surface area contributed by atoms with Crippen molar-refractivity contribution in [1.29, 1.82) is 5.26 Å². The molecule has 1 N–H and O–H groups in total. The van der Waals surface area contributed by atoms with Crippen LogP contribution in [0.5, 0.6) is 6.01 Å². The minimum absolute atomic E-state index is 0.0248. The Labute approximate surface area is 221 Å². The summed E-state index contributed by atoms with van der Waals surface area (Å²) in [5, 5.41) is 12.6. The smallest absolute Gasteiger partial charge is 0.418 e. The average molecular weight is 530 g/mol. The number of benzene rings is 1. The lowest BCUT2D eigenvalue weighted by molar-refractivity contribution is -0.137. The van der Waals surface area contributed by atoms with Crippen molar-refractivity contribution >= 4 is 11.5 Å². The predicted molar refractivity (Wildman–Crippen MR) is 138 cm³/mol. The number of aromatic nitrogens is 2. The van der Waals surface area contributed by atoms with Gasteiger partial charge in [-0.2, -0.15) is 28.4 Å². The van der Waals surface area contributed by atoms with Crippen LogP contribution in [0.1, 0.15) is 42.5 Å². The molecule has 0 amide bonds. The third-order valence-corrected chi connectivity index (χ3v) is 7.77. The van der Waals surface area contributed by atoms with E-state index in [0.717, 1.165) is 49.9 Å². The lowest BCUT2D eigenvalue weighted by Crippen LogP contribution is -2.51. The lowest BCUT2D eigenvalue weighted by Gasteiger charge is -2.35. The Hall–Kier alpha value is -3.10. The van der Waals surface area contributed by atoms with E-state index in [0.29, 0.717) is 44.7 Å². The van der Waals surface area contributed by atoms with Crippen molar-refractivity contribution in [3.8, 4) is 12.1 Å². The normalized spacial score (nSPS) is 22.6. The van der Waals surface area contributed by atoms with E-state index >= 15 is 0 Å². The van der Waals surface area contributed by atoms with Crippen LogP contribution in [0, 0.1) is 11.3 Å². The summed E-state index contributed by atoms with van der Waals surface area (Å²) in [7, 11) is 2.08. The molecule has 1 aromatic heterocycles. The monoisotopic (exact) mass is 529 g/mol. The third kappa shape index (κ3) is 5.81. The first kappa shape index (κ1) is 26.5. The van der Waals surface area contributed by atoms with Crippen molar-refractivity contribution in [3.05, 3.63) is 41.1 Å². The Bertz CT molecular complexity index is 1170. The van der Waals surface area contributed by atoms with Crippen LogP contribution in [0.15, 0.2) is 24.3 Å². The topological polar surface area (TPSA) is 80.5 Å². The fraction of sp³-hybridized carbons (Fsp3) is 0.593. The summed E-state index contributed by atoms with van der Waals surface area (Å²) in [6, 6.07) is 8.55. The lowest BCUT2D eigenvalue weighted by atomic mass is 10.1. The van der Waals surface area contributed by atoms with Gasteiger partial charge in [-0.1, -0.05) is 12.1 Å². The van der Waals surface area contributed by atoms with Crippen LogP contribution in [0.25, 0.3) is 0 Å². The number of hydrogen-bond acceptors (Lipinski definition) is 8. The number of anilines is 2. The van der Waals surface area contributed by atoms with Crippen LogP contribution in [0.4, 0.5) is 24.7 Å². The predicted octanol–water partition coefficient (Wildman–Crippen LogP) is 3.61. The molecule has 0 bridgehead atoms. The number of rotatable bonds is 6. The number of likely N-dealkylation sites (tertiary alicyclic amines) is 1. The highest BCUT2D eigenvalue weighted by Gasteiger charge is 2.36. The highest BCUT2D eigenvalue weighted by atomic mass is 19.4. The average Bonchev–Trinajstić information content (AvgIpc) is 3.19. The first-order chi connectivity index (χ1) is 18.3. The highest BCUT2D eigenvalue weighted by molar-refractivity contribution is 5.58. The highest BCUT2D eigenvalue weighted by Crippen LogP contribution is 2.38. The summed E-state index contributed by atoms with van der Waals surface area (Å²) >= 11 is 0. The first-order valence-corrected chi connectivity index (χ1v) is 13.3. The Morgan fingerprint density at radius 2 is 1.97 bits per heavy atom. The Kier molecular flexibility index (Phi) is 7.91. The van der Waals surface area contributed by atoms with Gasteiger partial charge in [0, 0.05) is 49.5 Å². The molecule has 8 nitrogen and oxygen atoms in total. The quantitative estimate of drug-likeness (QED) is 0.608. The van der Waals surface area contributed by atoms with Gasteiger partial charge in [-0.3, -0.25) is 0 Å². The number of nitrogens with zero attached hydrogens (tertiary/aromatic N) is 6. The molecule has 3 aliphatic heterocycles. The zero-order chi connectivity index (χ0) is 26.7. The zero-order valence-corrected chi connectivity index (χ0v) is 21.7. The van der Waals surface area contributed by atoms with Gasteiger partial charge < -0.3 is 24.8 Å². The molecule has 1 aromatic carbocycles. The zero-order valence-electron chi connectivity index (χ0n) is 21.7. The van der Waals surface area contributed by atoms with E-state index in [1.165, 1.54) is 12.1 Å². The number of nitriles is 1. The number of para-hydroxylation sites is 1. The number of nitrogens with one attached hydrogen (secondary N) is 1. The summed E-state index contributed by atoms with van der Waals surface area (Å²) in [5.41, 5.74) is 1.19. The van der Waals surface area contributed by atoms with Gasteiger partial charge in [-0.25, -0.2) is 0 Å². The van der Waals surface area contributed by atoms with Crippen molar-refractivity contribution in [1.82, 2.24) is 20.2 Å². The standard InChI is InChI=1S/C27H34F3N7O/c1-35-13-4-6-20(35)18-38-26-33-23-17-36(24-9-3-2-8-22(24)27(28,29)30)14-5-7-21(23)25(34-26)37-15-12-32-19(16-37)10-11-31/h2-3,8-9,19-20,32H,4-7,10,12-18H2,1H3/t19-,20-/m0/s1. The van der Waals surface area contributed by atoms with Crippen LogP contribution >= 0.6 is 0 Å². The van der Waals surface area contributed by atoms with E-state index in [9.17, 15) is 18.4 Å². The van der Waals surface area contributed by atoms with Gasteiger partial charge in [-0.15, -0.1) is 0 Å². The van der Waals surface area contributed by atoms with Gasteiger partial charge in [0.1, 0.15) is 12.4 Å². The van der Waals surface area contributed by atoms with Gasteiger partial charge in [0.15, 0.2) is 0 Å². The second kappa shape index (κ2) is 11.3. The summed E-state index contributed by atoms with van der Waals surface area (Å²) in [4.78, 5) is 15.8. The van der Waals surface area contributed by atoms with E-state index in [-0.39, 0.29) is 30.3 Å². The molecule has 2 fully saturated rings. The van der Waals surface area contributed by atoms with Crippen molar-refractivity contribution in [2.45, 2.75) is 56.9 Å². The minimum Gasteiger partial charge on any atom is -0.462 e. The SMILES string of the molecule is CN1CCC[C@H]1COc1nc2c(c(N3CCN[C@@H](CC#N)C3)n1)CCCN(c1ccccc1C(F)(F)F)C2. The number of piperazine rings is 1. The van der Waals surface area contributed by atoms with Crippen LogP contribution < -0.4 is 19.9 Å². The first-order valence-electron chi connectivity index (χ1n) is 13.3. The number of halogens is 3. The van der Waals surface area contributed by atoms with Crippen molar-refractivity contribution in [2.24, 2.45) is 0 Å². The fourth-order valence-electron chi connectivity index (χ4n) is 5.73. The Morgan fingerprint density at radius 3 is 2.74 bits per heavy atom. The van der Waals surface area contributed by atoms with Crippen LogP contribution in [0.3, 0.4) is 0 Å². The molecule has 2 saturated heterocycles. The van der Waals surface area contributed by atoms with Crippen molar-refractivity contribution < 1.29 is 17.9 Å². The maximum Gasteiger partial charge on any atom is 0.418 e. The number of fused-ring (bicyclic) bond motifs is 1. The summed E-state index contributed by atoms with van der Waals surface area (Å²) in [6.07, 6.45) is -0.548. The molecule has 11 heteroatoms. The maximum absolute atomic E-state index is 13.8. The summed E-state index contributed by atoms with van der Waals surface area (Å²) in [6.45, 7) is 4.28. The second-order valence-corrected chi connectivity index (χ2v) is 10.3. The van der Waals surface area contributed by atoms with Crippen molar-refractivity contribution in [2.75, 3.05) is 56.2 Å². The number of likely N-dealkylation sites (N-methyl/N-ethyl adjacent to an activating group) is 1. The van der Waals surface area contributed by atoms with Gasteiger partial charge in [-0.05, 0) is 51.4 Å². The minimum atomic E-state index is -4.44. The number of ether oxygens (including phenoxy) is 1. The van der Waals surface area contributed by atoms with Crippen LogP contribution in [-0.4, -0.2) is 73.3 Å². The molecule has 3 aliphatic rings. The van der Waals surface area contributed by atoms with Gasteiger partial charge in [0.25, 0.3) is 0 Å². The Morgan fingerprint density at radius 1 is 1.13 bits per heavy atom. The molecule has 0 unspecified atom stereocenters. The second-order valence-electron chi connectivity index (χ2n) is 10.3. The summed E-state index contributed by atoms with van der Waals surface area (Å²) < 4.78 is 47.7. The molecule has 0 spiro atoms. The molecule has 4 heterocycles. The molecule has 0 aliphatic carbocycles. The molecule has 2 aromatic rings. The molecule has 38 heavy (non-hydrogen) atoms. The Balaban J connectivity index is 1.49. The maximum atomic E-state index is 13.8. The summed E-state index contributed by atoms with van der Waals surface area (Å²) in [5.74, 6) is 0.778. The van der Waals surface area contributed by atoms with E-state index in [4.69, 9.17) is 14.7 Å². The van der Waals surface area contributed by atoms with Gasteiger partial charge >= 0.3 is 12.2 Å². The third-order valence-electron chi connectivity index (χ3n) is 7.77. The van der Waals surface area contributed by atoms with Gasteiger partial charge in [0.05, 0.1) is 30.3 Å².